The van der Waals surface area contributed by atoms with E-state index in [1.807, 2.05) is 0 Å². The Morgan fingerprint density at radius 1 is 1.45 bits per heavy atom. The van der Waals surface area contributed by atoms with E-state index in [4.69, 9.17) is 30.7 Å². The molecule has 0 aliphatic carbocycles. The van der Waals surface area contributed by atoms with Crippen molar-refractivity contribution in [1.82, 2.24) is 19.5 Å². The van der Waals surface area contributed by atoms with E-state index in [2.05, 4.69) is 15.0 Å². The van der Waals surface area contributed by atoms with Crippen molar-refractivity contribution in [3.8, 4) is 0 Å². The highest BCUT2D eigenvalue weighted by molar-refractivity contribution is 7.51. The van der Waals surface area contributed by atoms with Gasteiger partial charge in [0.15, 0.2) is 11.5 Å². The lowest BCUT2D eigenvalue weighted by Crippen LogP contribution is -2.14. The monoisotopic (exact) mass is 330 g/mol. The van der Waals surface area contributed by atoms with Crippen LogP contribution in [0.1, 0.15) is 12.6 Å². The van der Waals surface area contributed by atoms with E-state index < -0.39 is 26.3 Å². The number of rotatable bonds is 4. The van der Waals surface area contributed by atoms with Crippen molar-refractivity contribution < 1.29 is 23.8 Å². The Morgan fingerprint density at radius 2 is 2.23 bits per heavy atom. The molecule has 0 spiro atoms. The Kier molecular flexibility index (Phi) is 3.75. The zero-order valence-electron chi connectivity index (χ0n) is 11.4. The lowest BCUT2D eigenvalue weighted by atomic mass is 10.3. The summed E-state index contributed by atoms with van der Waals surface area (Å²) in [6, 6.07) is 0. The Labute approximate surface area is 124 Å². The van der Waals surface area contributed by atoms with E-state index in [1.54, 1.807) is 4.57 Å². The average molecular weight is 330 g/mol. The van der Waals surface area contributed by atoms with Crippen LogP contribution in [0, 0.1) is 0 Å². The van der Waals surface area contributed by atoms with Gasteiger partial charge in [-0.1, -0.05) is 0 Å². The number of fused-ring (bicyclic) bond motifs is 1. The second kappa shape index (κ2) is 5.45. The number of nitrogen functional groups attached to an aromatic ring is 2. The fraction of sp³-hybridized carbons (Fsp3) is 0.500. The topological polar surface area (TPSA) is 172 Å². The molecule has 2 atom stereocenters. The molecule has 3 heterocycles. The Balaban J connectivity index is 1.77. The van der Waals surface area contributed by atoms with Gasteiger partial charge in [-0.3, -0.25) is 9.13 Å². The number of anilines is 2. The predicted molar refractivity (Wildman–Crippen MR) is 75.5 cm³/mol. The van der Waals surface area contributed by atoms with E-state index >= 15 is 0 Å². The molecule has 0 aromatic carbocycles. The maximum atomic E-state index is 10.8. The molecule has 0 unspecified atom stereocenters. The summed E-state index contributed by atoms with van der Waals surface area (Å²) in [4.78, 5) is 29.7. The van der Waals surface area contributed by atoms with Gasteiger partial charge in [0, 0.05) is 6.42 Å². The van der Waals surface area contributed by atoms with Gasteiger partial charge in [0.25, 0.3) is 0 Å². The number of nitrogens with two attached hydrogens (primary N) is 2. The van der Waals surface area contributed by atoms with Gasteiger partial charge in [0.2, 0.25) is 5.95 Å². The first-order valence-electron chi connectivity index (χ1n) is 6.37. The fourth-order valence-electron chi connectivity index (χ4n) is 2.26. The molecule has 11 nitrogen and oxygen atoms in total. The molecule has 2 aromatic heterocycles. The number of hydrogen-bond donors (Lipinski definition) is 4. The first kappa shape index (κ1) is 15.1. The first-order valence-corrected chi connectivity index (χ1v) is 8.16. The molecule has 1 saturated heterocycles. The molecule has 2 aromatic rings. The summed E-state index contributed by atoms with van der Waals surface area (Å²) < 4.78 is 23.2. The van der Waals surface area contributed by atoms with Crippen molar-refractivity contribution in [1.29, 1.82) is 0 Å². The normalized spacial score (nSPS) is 22.5. The molecule has 1 aliphatic heterocycles. The van der Waals surface area contributed by atoms with E-state index in [1.165, 1.54) is 6.33 Å². The van der Waals surface area contributed by atoms with Crippen molar-refractivity contribution in [2.24, 2.45) is 0 Å². The highest BCUT2D eigenvalue weighted by Gasteiger charge is 2.30. The van der Waals surface area contributed by atoms with Crippen LogP contribution in [0.5, 0.6) is 0 Å². The molecule has 120 valence electrons. The SMILES string of the molecule is Nc1nc(N)c2ncn([C@H]3C[C@@H](OCP(=O)(O)O)CO3)c2n1. The smallest absolute Gasteiger partial charge is 0.350 e. The van der Waals surface area contributed by atoms with Crippen molar-refractivity contribution >= 4 is 30.5 Å². The standard InChI is InChI=1S/C10H15N6O5P/c11-8-7-9(15-10(12)14-8)16(3-13-7)6-1-5(2-20-6)21-4-22(17,18)19/h3,5-6H,1-2,4H2,(H2,17,18,19)(H4,11,12,14,15)/t5-,6-/m1/s1. The Bertz CT molecular complexity index is 745. The van der Waals surface area contributed by atoms with Crippen LogP contribution in [0.3, 0.4) is 0 Å². The third kappa shape index (κ3) is 3.03. The minimum Gasteiger partial charge on any atom is -0.382 e. The van der Waals surface area contributed by atoms with Crippen molar-refractivity contribution in [2.75, 3.05) is 24.4 Å². The minimum atomic E-state index is -4.20. The van der Waals surface area contributed by atoms with Crippen molar-refractivity contribution in [3.63, 3.8) is 0 Å². The van der Waals surface area contributed by atoms with Crippen LogP contribution in [0.2, 0.25) is 0 Å². The summed E-state index contributed by atoms with van der Waals surface area (Å²) in [5.74, 6) is 0.201. The lowest BCUT2D eigenvalue weighted by molar-refractivity contribution is 0.0359. The highest BCUT2D eigenvalue weighted by Crippen LogP contribution is 2.36. The molecule has 0 bridgehead atoms. The molecular weight excluding hydrogens is 315 g/mol. The quantitative estimate of drug-likeness (QED) is 0.532. The second-order valence-corrected chi connectivity index (χ2v) is 6.48. The van der Waals surface area contributed by atoms with Gasteiger partial charge in [0.1, 0.15) is 18.1 Å². The van der Waals surface area contributed by atoms with Gasteiger partial charge in [-0.15, -0.1) is 0 Å². The summed E-state index contributed by atoms with van der Waals surface area (Å²) in [7, 11) is -4.20. The molecule has 1 aliphatic rings. The molecule has 0 amide bonds. The van der Waals surface area contributed by atoms with E-state index in [0.29, 0.717) is 17.6 Å². The zero-order chi connectivity index (χ0) is 15.9. The molecule has 0 saturated carbocycles. The van der Waals surface area contributed by atoms with Gasteiger partial charge in [0.05, 0.1) is 19.0 Å². The molecule has 6 N–H and O–H groups in total. The lowest BCUT2D eigenvalue weighted by Gasteiger charge is -2.12. The number of hydrogen-bond acceptors (Lipinski definition) is 8. The molecular formula is C10H15N6O5P. The van der Waals surface area contributed by atoms with E-state index in [9.17, 15) is 4.57 Å². The summed E-state index contributed by atoms with van der Waals surface area (Å²) in [6.07, 6.45) is 0.410. The fourth-order valence-corrected chi connectivity index (χ4v) is 2.66. The maximum absolute atomic E-state index is 10.8. The molecule has 22 heavy (non-hydrogen) atoms. The Morgan fingerprint density at radius 3 is 2.95 bits per heavy atom. The zero-order valence-corrected chi connectivity index (χ0v) is 12.3. The van der Waals surface area contributed by atoms with Gasteiger partial charge >= 0.3 is 7.60 Å². The highest BCUT2D eigenvalue weighted by atomic mass is 31.2. The first-order chi connectivity index (χ1) is 10.3. The average Bonchev–Trinajstić information content (AvgIpc) is 3.01. The number of aromatic nitrogens is 4. The summed E-state index contributed by atoms with van der Waals surface area (Å²) in [5, 5.41) is 0. The molecule has 3 rings (SSSR count). The summed E-state index contributed by atoms with van der Waals surface area (Å²) >= 11 is 0. The van der Waals surface area contributed by atoms with Crippen LogP contribution >= 0.6 is 7.60 Å². The van der Waals surface area contributed by atoms with Crippen LogP contribution < -0.4 is 11.5 Å². The predicted octanol–water partition coefficient (Wildman–Crippen LogP) is -0.570. The number of ether oxygens (including phenoxy) is 2. The maximum Gasteiger partial charge on any atom is 0.350 e. The van der Waals surface area contributed by atoms with Gasteiger partial charge in [-0.2, -0.15) is 9.97 Å². The van der Waals surface area contributed by atoms with E-state index in [0.717, 1.165) is 0 Å². The van der Waals surface area contributed by atoms with Crippen LogP contribution in [-0.2, 0) is 14.0 Å². The molecule has 12 heteroatoms. The van der Waals surface area contributed by atoms with E-state index in [-0.39, 0.29) is 18.4 Å². The van der Waals surface area contributed by atoms with Crippen LogP contribution in [0.25, 0.3) is 11.2 Å². The third-order valence-electron chi connectivity index (χ3n) is 3.19. The largest absolute Gasteiger partial charge is 0.382 e. The summed E-state index contributed by atoms with van der Waals surface area (Å²) in [6.45, 7) is 0.209. The molecule has 1 fully saturated rings. The van der Waals surface area contributed by atoms with Crippen molar-refractivity contribution in [3.05, 3.63) is 6.33 Å². The minimum absolute atomic E-state index is 0.0269. The third-order valence-corrected chi connectivity index (χ3v) is 3.68. The summed E-state index contributed by atoms with van der Waals surface area (Å²) in [5.41, 5.74) is 12.2. The number of imidazole rings is 1. The van der Waals surface area contributed by atoms with Crippen LogP contribution in [0.15, 0.2) is 6.33 Å². The van der Waals surface area contributed by atoms with Crippen LogP contribution in [0.4, 0.5) is 11.8 Å². The van der Waals surface area contributed by atoms with Gasteiger partial charge in [-0.25, -0.2) is 4.98 Å². The van der Waals surface area contributed by atoms with Crippen LogP contribution in [-0.4, -0.2) is 48.4 Å². The molecule has 0 radical (unpaired) electrons. The van der Waals surface area contributed by atoms with Crippen molar-refractivity contribution in [2.45, 2.75) is 18.8 Å². The van der Waals surface area contributed by atoms with Gasteiger partial charge < -0.3 is 30.7 Å². The van der Waals surface area contributed by atoms with Gasteiger partial charge in [-0.05, 0) is 0 Å². The second-order valence-electron chi connectivity index (χ2n) is 4.90. The Hall–Kier alpha value is -1.78. The number of nitrogens with zero attached hydrogens (tertiary/aromatic N) is 4.